The van der Waals surface area contributed by atoms with Crippen molar-refractivity contribution in [2.75, 3.05) is 13.1 Å². The summed E-state index contributed by atoms with van der Waals surface area (Å²) in [6.07, 6.45) is 3.31. The Kier molecular flexibility index (Phi) is 3.49. The number of carbonyl (C=O) groups excluding carboxylic acids is 2. The van der Waals surface area contributed by atoms with E-state index in [0.717, 1.165) is 6.42 Å². The normalized spacial score (nSPS) is 25.6. The Morgan fingerprint density at radius 2 is 2.35 bits per heavy atom. The lowest BCUT2D eigenvalue weighted by atomic mass is 10.2. The number of rotatable bonds is 3. The van der Waals surface area contributed by atoms with Gasteiger partial charge in [0.05, 0.1) is 6.54 Å². The predicted octanol–water partition coefficient (Wildman–Crippen LogP) is -0.265. The van der Waals surface area contributed by atoms with Crippen molar-refractivity contribution in [1.82, 2.24) is 20.4 Å². The van der Waals surface area contributed by atoms with Crippen LogP contribution in [0.25, 0.3) is 0 Å². The number of aromatic nitrogens is 2. The standard InChI is InChI=1S/C13H16N4O3/c18-11-4-3-10(15-11)13(19)17-7-5-9(8-17)20-12-2-1-6-14-16-12/h1-2,6,9-10H,3-5,7-8H2,(H,15,18)/t9-,10+/m1/s1. The van der Waals surface area contributed by atoms with Crippen molar-refractivity contribution in [2.45, 2.75) is 31.4 Å². The molecule has 7 nitrogen and oxygen atoms in total. The minimum absolute atomic E-state index is 0.0129. The molecule has 1 N–H and O–H groups in total. The zero-order valence-corrected chi connectivity index (χ0v) is 11.0. The highest BCUT2D eigenvalue weighted by atomic mass is 16.5. The third kappa shape index (κ3) is 2.71. The topological polar surface area (TPSA) is 84.4 Å². The number of carbonyl (C=O) groups is 2. The molecule has 0 spiro atoms. The number of hydrogen-bond acceptors (Lipinski definition) is 5. The summed E-state index contributed by atoms with van der Waals surface area (Å²) in [7, 11) is 0. The van der Waals surface area contributed by atoms with E-state index in [0.29, 0.717) is 31.8 Å². The van der Waals surface area contributed by atoms with Crippen LogP contribution in [0.5, 0.6) is 5.88 Å². The lowest BCUT2D eigenvalue weighted by molar-refractivity contribution is -0.133. The van der Waals surface area contributed by atoms with Gasteiger partial charge >= 0.3 is 0 Å². The Morgan fingerprint density at radius 3 is 3.05 bits per heavy atom. The first-order chi connectivity index (χ1) is 9.72. The summed E-state index contributed by atoms with van der Waals surface area (Å²) in [5.74, 6) is 0.414. The van der Waals surface area contributed by atoms with Gasteiger partial charge in [0.15, 0.2) is 0 Å². The molecule has 0 saturated carbocycles. The molecule has 2 aliphatic heterocycles. The van der Waals surface area contributed by atoms with Gasteiger partial charge in [0, 0.05) is 31.6 Å². The van der Waals surface area contributed by atoms with E-state index < -0.39 is 0 Å². The van der Waals surface area contributed by atoms with Gasteiger partial charge in [0.1, 0.15) is 12.1 Å². The smallest absolute Gasteiger partial charge is 0.245 e. The molecule has 3 heterocycles. The van der Waals surface area contributed by atoms with Gasteiger partial charge in [-0.2, -0.15) is 5.10 Å². The molecule has 0 bridgehead atoms. The lowest BCUT2D eigenvalue weighted by Gasteiger charge is -2.20. The maximum absolute atomic E-state index is 12.2. The van der Waals surface area contributed by atoms with E-state index in [4.69, 9.17) is 4.74 Å². The molecule has 106 valence electrons. The lowest BCUT2D eigenvalue weighted by Crippen LogP contribution is -2.44. The highest BCUT2D eigenvalue weighted by Gasteiger charge is 2.35. The van der Waals surface area contributed by atoms with Crippen LogP contribution in [0.1, 0.15) is 19.3 Å². The van der Waals surface area contributed by atoms with Gasteiger partial charge in [0.2, 0.25) is 17.7 Å². The Labute approximate surface area is 116 Å². The summed E-state index contributed by atoms with van der Waals surface area (Å²) in [5.41, 5.74) is 0. The molecule has 0 radical (unpaired) electrons. The fourth-order valence-electron chi connectivity index (χ4n) is 2.57. The molecule has 7 heteroatoms. The highest BCUT2D eigenvalue weighted by molar-refractivity contribution is 5.90. The van der Waals surface area contributed by atoms with Gasteiger partial charge in [-0.25, -0.2) is 0 Å². The Balaban J connectivity index is 1.54. The molecule has 20 heavy (non-hydrogen) atoms. The molecular formula is C13H16N4O3. The number of nitrogens with one attached hydrogen (secondary N) is 1. The van der Waals surface area contributed by atoms with Crippen molar-refractivity contribution in [3.8, 4) is 5.88 Å². The molecule has 2 amide bonds. The molecule has 0 aromatic carbocycles. The van der Waals surface area contributed by atoms with Crippen molar-refractivity contribution >= 4 is 11.8 Å². The highest BCUT2D eigenvalue weighted by Crippen LogP contribution is 2.18. The fraction of sp³-hybridized carbons (Fsp3) is 0.538. The van der Waals surface area contributed by atoms with Crippen molar-refractivity contribution in [3.63, 3.8) is 0 Å². The molecular weight excluding hydrogens is 260 g/mol. The predicted molar refractivity (Wildman–Crippen MR) is 68.8 cm³/mol. The van der Waals surface area contributed by atoms with Gasteiger partial charge in [0.25, 0.3) is 0 Å². The van der Waals surface area contributed by atoms with E-state index in [1.807, 2.05) is 0 Å². The minimum atomic E-state index is -0.363. The van der Waals surface area contributed by atoms with Crippen LogP contribution in [0.4, 0.5) is 0 Å². The van der Waals surface area contributed by atoms with Crippen LogP contribution < -0.4 is 10.1 Å². The van der Waals surface area contributed by atoms with Gasteiger partial charge < -0.3 is 15.0 Å². The fourth-order valence-corrected chi connectivity index (χ4v) is 2.57. The first-order valence-electron chi connectivity index (χ1n) is 6.75. The van der Waals surface area contributed by atoms with Crippen molar-refractivity contribution in [1.29, 1.82) is 0 Å². The Hall–Kier alpha value is -2.18. The molecule has 3 rings (SSSR count). The second-order valence-corrected chi connectivity index (χ2v) is 5.03. The van der Waals surface area contributed by atoms with Crippen molar-refractivity contribution in [3.05, 3.63) is 18.3 Å². The third-order valence-electron chi connectivity index (χ3n) is 3.59. The summed E-state index contributed by atoms with van der Waals surface area (Å²) < 4.78 is 5.68. The van der Waals surface area contributed by atoms with Crippen LogP contribution in [0, 0.1) is 0 Å². The maximum atomic E-state index is 12.2. The van der Waals surface area contributed by atoms with Gasteiger partial charge in [-0.1, -0.05) is 0 Å². The molecule has 1 aromatic heterocycles. The molecule has 2 aliphatic rings. The van der Waals surface area contributed by atoms with Crippen LogP contribution in [0.15, 0.2) is 18.3 Å². The van der Waals surface area contributed by atoms with E-state index in [2.05, 4.69) is 15.5 Å². The van der Waals surface area contributed by atoms with Crippen molar-refractivity contribution in [2.24, 2.45) is 0 Å². The SMILES string of the molecule is O=C1CC[C@@H](C(=O)N2CC[C@@H](Oc3cccnn3)C2)N1. The zero-order chi connectivity index (χ0) is 13.9. The Morgan fingerprint density at radius 1 is 1.45 bits per heavy atom. The average Bonchev–Trinajstić information content (AvgIpc) is 3.08. The molecule has 2 fully saturated rings. The van der Waals surface area contributed by atoms with Crippen LogP contribution in [0.2, 0.25) is 0 Å². The average molecular weight is 276 g/mol. The van der Waals surface area contributed by atoms with Crippen molar-refractivity contribution < 1.29 is 14.3 Å². The van der Waals surface area contributed by atoms with E-state index >= 15 is 0 Å². The molecule has 2 atom stereocenters. The summed E-state index contributed by atoms with van der Waals surface area (Å²) >= 11 is 0. The summed E-state index contributed by atoms with van der Waals surface area (Å²) in [6, 6.07) is 3.14. The van der Waals surface area contributed by atoms with Gasteiger partial charge in [-0.05, 0) is 12.5 Å². The monoisotopic (exact) mass is 276 g/mol. The Bertz CT molecular complexity index is 508. The molecule has 2 saturated heterocycles. The van der Waals surface area contributed by atoms with E-state index in [-0.39, 0.29) is 24.0 Å². The van der Waals surface area contributed by atoms with Crippen LogP contribution in [-0.4, -0.2) is 52.1 Å². The van der Waals surface area contributed by atoms with E-state index in [9.17, 15) is 9.59 Å². The van der Waals surface area contributed by atoms with Gasteiger partial charge in [-0.15, -0.1) is 5.10 Å². The molecule has 1 aromatic rings. The molecule has 0 unspecified atom stereocenters. The maximum Gasteiger partial charge on any atom is 0.245 e. The summed E-state index contributed by atoms with van der Waals surface area (Å²) in [4.78, 5) is 25.1. The zero-order valence-electron chi connectivity index (χ0n) is 11.0. The second-order valence-electron chi connectivity index (χ2n) is 5.03. The first-order valence-corrected chi connectivity index (χ1v) is 6.75. The quantitative estimate of drug-likeness (QED) is 0.822. The summed E-state index contributed by atoms with van der Waals surface area (Å²) in [5, 5.41) is 10.3. The van der Waals surface area contributed by atoms with Crippen LogP contribution in [-0.2, 0) is 9.59 Å². The van der Waals surface area contributed by atoms with Crippen LogP contribution in [0.3, 0.4) is 0 Å². The number of hydrogen-bond donors (Lipinski definition) is 1. The van der Waals surface area contributed by atoms with Gasteiger partial charge in [-0.3, -0.25) is 9.59 Å². The number of amides is 2. The second kappa shape index (κ2) is 5.44. The minimum Gasteiger partial charge on any atom is -0.471 e. The van der Waals surface area contributed by atoms with E-state index in [1.165, 1.54) is 0 Å². The van der Waals surface area contributed by atoms with E-state index in [1.54, 1.807) is 23.2 Å². The molecule has 0 aliphatic carbocycles. The number of ether oxygens (including phenoxy) is 1. The third-order valence-corrected chi connectivity index (χ3v) is 3.59. The number of nitrogens with zero attached hydrogens (tertiary/aromatic N) is 3. The van der Waals surface area contributed by atoms with Crippen LogP contribution >= 0.6 is 0 Å². The summed E-state index contributed by atoms with van der Waals surface area (Å²) in [6.45, 7) is 1.18. The first kappa shape index (κ1) is 12.8. The largest absolute Gasteiger partial charge is 0.471 e. The number of likely N-dealkylation sites (tertiary alicyclic amines) is 1.